The average Bonchev–Trinajstić information content (AvgIpc) is 3.56. The molecule has 1 aliphatic heterocycles. The summed E-state index contributed by atoms with van der Waals surface area (Å²) in [5.74, 6) is -1.49. The molecule has 0 saturated carbocycles. The summed E-state index contributed by atoms with van der Waals surface area (Å²) in [5, 5.41) is 11.8. The van der Waals surface area contributed by atoms with Gasteiger partial charge in [-0.2, -0.15) is 0 Å². The Morgan fingerprint density at radius 1 is 1.12 bits per heavy atom. The van der Waals surface area contributed by atoms with Crippen LogP contribution in [0.1, 0.15) is 57.8 Å². The minimum absolute atomic E-state index is 0.141. The number of aliphatic hydroxyl groups is 1. The second-order valence-corrected chi connectivity index (χ2v) is 10.4. The van der Waals surface area contributed by atoms with Crippen molar-refractivity contribution in [2.24, 2.45) is 0 Å². The van der Waals surface area contributed by atoms with Gasteiger partial charge in [0.2, 0.25) is 0 Å². The number of ketones is 2. The highest BCUT2D eigenvalue weighted by Gasteiger charge is 2.49. The van der Waals surface area contributed by atoms with Gasteiger partial charge in [-0.05, 0) is 57.0 Å². The Morgan fingerprint density at radius 2 is 1.88 bits per heavy atom. The molecule has 4 aromatic rings. The number of nitrogens with zero attached hydrogens (tertiary/aromatic N) is 4. The number of methoxy groups -OCH3 is 1. The first-order valence-corrected chi connectivity index (χ1v) is 13.4. The first kappa shape index (κ1) is 27.1. The monoisotopic (exact) mass is 560 g/mol. The van der Waals surface area contributed by atoms with Crippen LogP contribution in [-0.2, 0) is 9.59 Å². The van der Waals surface area contributed by atoms with Crippen molar-refractivity contribution in [2.75, 3.05) is 18.6 Å². The highest BCUT2D eigenvalue weighted by molar-refractivity contribution is 7.18. The van der Waals surface area contributed by atoms with Crippen LogP contribution in [0.4, 0.5) is 5.13 Å². The maximum atomic E-state index is 13.6. The minimum Gasteiger partial charge on any atom is -0.505 e. The molecule has 0 radical (unpaired) electrons. The van der Waals surface area contributed by atoms with E-state index in [1.807, 2.05) is 36.6 Å². The van der Waals surface area contributed by atoms with Gasteiger partial charge in [-0.1, -0.05) is 23.5 Å². The number of benzene rings is 1. The molecule has 4 heterocycles. The number of fused-ring (bicyclic) bond motifs is 1. The van der Waals surface area contributed by atoms with Crippen LogP contribution in [-0.4, -0.2) is 50.7 Å². The second kappa shape index (κ2) is 10.2. The van der Waals surface area contributed by atoms with Gasteiger partial charge in [-0.25, -0.2) is 9.97 Å². The number of pyridine rings is 1. The van der Waals surface area contributed by atoms with Crippen molar-refractivity contribution in [1.82, 2.24) is 14.4 Å². The Morgan fingerprint density at radius 3 is 2.50 bits per heavy atom. The number of carbonyl (C=O) groups excluding carboxylic acids is 3. The zero-order chi connectivity index (χ0) is 28.9. The van der Waals surface area contributed by atoms with Crippen molar-refractivity contribution in [3.8, 4) is 11.5 Å². The molecule has 1 aliphatic rings. The molecule has 0 aliphatic carbocycles. The Bertz CT molecular complexity index is 1730. The van der Waals surface area contributed by atoms with Gasteiger partial charge in [0.15, 0.2) is 28.2 Å². The van der Waals surface area contributed by atoms with Crippen molar-refractivity contribution in [2.45, 2.75) is 40.7 Å². The number of Topliss-reactive ketones (excluding diaryl/α,β-unsaturated/α-hetero) is 2. The van der Waals surface area contributed by atoms with Crippen LogP contribution in [0.25, 0.3) is 11.4 Å². The standard InChI is InChI=1S/C29H28N4O6S/c1-7-39-19-11-10-18(13-20(19)38-6)23-21(24(35)22-16(4)32-12-8-9-14(2)27(32)31-22)25(36)28(37)33(23)29-30-15(3)26(40-29)17(5)34/h8-13,23,35H,7H2,1-6H3/b24-21+. The fourth-order valence-electron chi connectivity index (χ4n) is 4.96. The fraction of sp³-hybridized carbons (Fsp3) is 0.276. The number of ether oxygens (including phenoxy) is 2. The Hall–Kier alpha value is -4.51. The number of carbonyl (C=O) groups is 3. The zero-order valence-corrected chi connectivity index (χ0v) is 23.8. The number of anilines is 1. The van der Waals surface area contributed by atoms with Crippen molar-refractivity contribution in [3.05, 3.63) is 75.2 Å². The number of amides is 1. The van der Waals surface area contributed by atoms with Crippen molar-refractivity contribution in [1.29, 1.82) is 0 Å². The lowest BCUT2D eigenvalue weighted by molar-refractivity contribution is -0.132. The number of hydrogen-bond donors (Lipinski definition) is 1. The highest BCUT2D eigenvalue weighted by Crippen LogP contribution is 2.45. The quantitative estimate of drug-likeness (QED) is 0.146. The van der Waals surface area contributed by atoms with Crippen LogP contribution in [0.5, 0.6) is 11.5 Å². The molecule has 1 N–H and O–H groups in total. The zero-order valence-electron chi connectivity index (χ0n) is 22.9. The van der Waals surface area contributed by atoms with E-state index in [9.17, 15) is 19.5 Å². The van der Waals surface area contributed by atoms with E-state index in [0.29, 0.717) is 45.6 Å². The molecule has 5 rings (SSSR count). The van der Waals surface area contributed by atoms with Crippen molar-refractivity contribution < 1.29 is 29.0 Å². The van der Waals surface area contributed by atoms with E-state index in [1.165, 1.54) is 18.9 Å². The lowest BCUT2D eigenvalue weighted by atomic mass is 9.96. The summed E-state index contributed by atoms with van der Waals surface area (Å²) in [5.41, 5.74) is 3.09. The maximum absolute atomic E-state index is 13.6. The van der Waals surface area contributed by atoms with Gasteiger partial charge in [0.25, 0.3) is 5.78 Å². The summed E-state index contributed by atoms with van der Waals surface area (Å²) in [6.07, 6.45) is 1.82. The molecule has 1 unspecified atom stereocenters. The predicted molar refractivity (Wildman–Crippen MR) is 150 cm³/mol. The smallest absolute Gasteiger partial charge is 0.301 e. The van der Waals surface area contributed by atoms with E-state index in [2.05, 4.69) is 9.97 Å². The predicted octanol–water partition coefficient (Wildman–Crippen LogP) is 4.95. The van der Waals surface area contributed by atoms with Gasteiger partial charge in [0.05, 0.1) is 41.6 Å². The number of aromatic nitrogens is 3. The fourth-order valence-corrected chi connectivity index (χ4v) is 5.95. The van der Waals surface area contributed by atoms with E-state index in [-0.39, 0.29) is 22.2 Å². The molecule has 0 spiro atoms. The Labute approximate surface area is 234 Å². The third-order valence-corrected chi connectivity index (χ3v) is 8.12. The number of rotatable bonds is 7. The van der Waals surface area contributed by atoms with Gasteiger partial charge < -0.3 is 19.0 Å². The van der Waals surface area contributed by atoms with E-state index in [0.717, 1.165) is 16.9 Å². The number of aliphatic hydroxyl groups excluding tert-OH is 1. The molecule has 1 amide bonds. The molecule has 40 heavy (non-hydrogen) atoms. The van der Waals surface area contributed by atoms with E-state index in [4.69, 9.17) is 9.47 Å². The normalized spacial score (nSPS) is 16.6. The van der Waals surface area contributed by atoms with Crippen LogP contribution in [0.3, 0.4) is 0 Å². The van der Waals surface area contributed by atoms with Crippen LogP contribution in [0, 0.1) is 20.8 Å². The molecule has 1 aromatic carbocycles. The molecule has 3 aromatic heterocycles. The summed E-state index contributed by atoms with van der Waals surface area (Å²) in [6, 6.07) is 7.75. The number of thiazole rings is 1. The Balaban J connectivity index is 1.78. The number of aryl methyl sites for hydroxylation is 3. The summed E-state index contributed by atoms with van der Waals surface area (Å²) in [4.78, 5) is 50.1. The minimum atomic E-state index is -1.07. The Kier molecular flexibility index (Phi) is 6.92. The van der Waals surface area contributed by atoms with Gasteiger partial charge >= 0.3 is 5.91 Å². The van der Waals surface area contributed by atoms with Crippen molar-refractivity contribution >= 4 is 45.3 Å². The van der Waals surface area contributed by atoms with E-state index >= 15 is 0 Å². The number of imidazole rings is 1. The second-order valence-electron chi connectivity index (χ2n) is 9.41. The molecular weight excluding hydrogens is 532 g/mol. The SMILES string of the molecule is CCOc1ccc(C2/C(=C(\O)c3nc4c(C)cccn4c3C)C(=O)C(=O)N2c2nc(C)c(C(C)=O)s2)cc1OC. The first-order valence-electron chi connectivity index (χ1n) is 12.6. The van der Waals surface area contributed by atoms with Crippen LogP contribution < -0.4 is 14.4 Å². The number of hydrogen-bond acceptors (Lipinski definition) is 9. The highest BCUT2D eigenvalue weighted by atomic mass is 32.1. The lowest BCUT2D eigenvalue weighted by Crippen LogP contribution is -2.29. The molecule has 11 heteroatoms. The summed E-state index contributed by atoms with van der Waals surface area (Å²) in [7, 11) is 1.49. The molecule has 0 bridgehead atoms. The third kappa shape index (κ3) is 4.22. The maximum Gasteiger partial charge on any atom is 0.301 e. The summed E-state index contributed by atoms with van der Waals surface area (Å²) >= 11 is 1.02. The molecule has 206 valence electrons. The van der Waals surface area contributed by atoms with Gasteiger partial charge in [-0.3, -0.25) is 19.3 Å². The first-order chi connectivity index (χ1) is 19.1. The third-order valence-electron chi connectivity index (χ3n) is 6.87. The van der Waals surface area contributed by atoms with Gasteiger partial charge in [-0.15, -0.1) is 0 Å². The summed E-state index contributed by atoms with van der Waals surface area (Å²) < 4.78 is 13.0. The van der Waals surface area contributed by atoms with E-state index < -0.39 is 23.5 Å². The average molecular weight is 561 g/mol. The molecular formula is C29H28N4O6S. The molecule has 1 fully saturated rings. The van der Waals surface area contributed by atoms with Gasteiger partial charge in [0.1, 0.15) is 11.3 Å². The largest absolute Gasteiger partial charge is 0.505 e. The van der Waals surface area contributed by atoms with Crippen LogP contribution >= 0.6 is 11.3 Å². The van der Waals surface area contributed by atoms with Crippen LogP contribution in [0.2, 0.25) is 0 Å². The summed E-state index contributed by atoms with van der Waals surface area (Å²) in [6.45, 7) is 9.02. The topological polar surface area (TPSA) is 123 Å². The van der Waals surface area contributed by atoms with Gasteiger partial charge in [0, 0.05) is 13.1 Å². The molecule has 1 atom stereocenters. The van der Waals surface area contributed by atoms with Crippen molar-refractivity contribution in [3.63, 3.8) is 0 Å². The molecule has 1 saturated heterocycles. The van der Waals surface area contributed by atoms with Crippen LogP contribution in [0.15, 0.2) is 42.1 Å². The molecule has 10 nitrogen and oxygen atoms in total. The van der Waals surface area contributed by atoms with E-state index in [1.54, 1.807) is 32.0 Å². The lowest BCUT2D eigenvalue weighted by Gasteiger charge is -2.23.